The Morgan fingerprint density at radius 1 is 1.08 bits per heavy atom. The van der Waals surface area contributed by atoms with Crippen molar-refractivity contribution in [1.82, 2.24) is 9.29 Å². The van der Waals surface area contributed by atoms with Crippen LogP contribution in [0.3, 0.4) is 0 Å². The summed E-state index contributed by atoms with van der Waals surface area (Å²) in [5.41, 5.74) is 1.33. The molecule has 0 radical (unpaired) electrons. The molecule has 38 heavy (non-hydrogen) atoms. The molecule has 2 heterocycles. The van der Waals surface area contributed by atoms with Crippen molar-refractivity contribution in [3.8, 4) is 0 Å². The Morgan fingerprint density at radius 3 is 2.50 bits per heavy atom. The summed E-state index contributed by atoms with van der Waals surface area (Å²) in [5.74, 6) is -0.200. The van der Waals surface area contributed by atoms with E-state index in [4.69, 9.17) is 9.72 Å². The molecule has 1 unspecified atom stereocenters. The zero-order chi connectivity index (χ0) is 26.7. The van der Waals surface area contributed by atoms with Gasteiger partial charge < -0.3 is 4.74 Å². The lowest BCUT2D eigenvalue weighted by molar-refractivity contribution is 0.0917. The first-order chi connectivity index (χ1) is 18.4. The van der Waals surface area contributed by atoms with Gasteiger partial charge in [0.25, 0.3) is 5.91 Å². The van der Waals surface area contributed by atoms with Gasteiger partial charge in [-0.2, -0.15) is 4.31 Å². The number of carbonyl (C=O) groups excluding carboxylic acids is 1. The van der Waals surface area contributed by atoms with Crippen LogP contribution in [0.2, 0.25) is 0 Å². The van der Waals surface area contributed by atoms with Crippen molar-refractivity contribution in [3.05, 3.63) is 48.0 Å². The third-order valence-corrected chi connectivity index (χ3v) is 11.3. The van der Waals surface area contributed by atoms with Gasteiger partial charge >= 0.3 is 0 Å². The predicted octanol–water partition coefficient (Wildman–Crippen LogP) is 6.19. The standard InChI is InChI=1S/C28H35N3O4S3/c1-3-31(21-9-5-4-6-10-21)38(33,34)23-16-14-20(15-17-23)27(32)30(19-22-11-8-18-35-22)28-29-26-24(36-2)12-7-13-25(26)37-28/h7,12-17,21-22H,3-6,8-11,18-19H2,1-2H3. The highest BCUT2D eigenvalue weighted by Crippen LogP contribution is 2.35. The van der Waals surface area contributed by atoms with Gasteiger partial charge in [-0.3, -0.25) is 9.69 Å². The van der Waals surface area contributed by atoms with E-state index < -0.39 is 10.0 Å². The molecule has 1 amide bonds. The van der Waals surface area contributed by atoms with Crippen LogP contribution in [0.5, 0.6) is 0 Å². The van der Waals surface area contributed by atoms with Crippen molar-refractivity contribution < 1.29 is 17.9 Å². The quantitative estimate of drug-likeness (QED) is 0.284. The molecule has 10 heteroatoms. The predicted molar refractivity (Wildman–Crippen MR) is 155 cm³/mol. The van der Waals surface area contributed by atoms with E-state index in [0.717, 1.165) is 53.6 Å². The van der Waals surface area contributed by atoms with E-state index in [1.807, 2.05) is 31.4 Å². The van der Waals surface area contributed by atoms with Gasteiger partial charge in [-0.25, -0.2) is 13.4 Å². The third-order valence-electron chi connectivity index (χ3n) is 7.48. The molecule has 1 saturated carbocycles. The molecule has 1 aliphatic heterocycles. The normalized spacial score (nSPS) is 18.9. The zero-order valence-corrected chi connectivity index (χ0v) is 24.4. The SMILES string of the molecule is CCN(C1CCCCC1)S(=O)(=O)c1ccc(C(=O)N(CC2CCCO2)c2nc3c(SC)cccc3s2)cc1. The molecule has 7 nitrogen and oxygen atoms in total. The second-order valence-corrected chi connectivity index (χ2v) is 13.6. The number of fused-ring (bicyclic) bond motifs is 1. The average molecular weight is 574 g/mol. The van der Waals surface area contributed by atoms with Crippen LogP contribution >= 0.6 is 23.1 Å². The van der Waals surface area contributed by atoms with Gasteiger partial charge in [0.15, 0.2) is 5.13 Å². The Morgan fingerprint density at radius 2 is 1.84 bits per heavy atom. The van der Waals surface area contributed by atoms with Crippen molar-refractivity contribution in [3.63, 3.8) is 0 Å². The molecule has 2 aliphatic rings. The van der Waals surface area contributed by atoms with Crippen LogP contribution < -0.4 is 4.90 Å². The zero-order valence-electron chi connectivity index (χ0n) is 22.0. The number of carbonyl (C=O) groups is 1. The van der Waals surface area contributed by atoms with Crippen LogP contribution in [0.15, 0.2) is 52.3 Å². The maximum absolute atomic E-state index is 13.8. The van der Waals surface area contributed by atoms with Crippen LogP contribution in [0.25, 0.3) is 10.2 Å². The molecule has 0 spiro atoms. The van der Waals surface area contributed by atoms with Crippen molar-refractivity contribution in [2.24, 2.45) is 0 Å². The minimum atomic E-state index is -3.63. The summed E-state index contributed by atoms with van der Waals surface area (Å²) in [6.45, 7) is 3.45. The van der Waals surface area contributed by atoms with E-state index in [1.165, 1.54) is 17.8 Å². The smallest absolute Gasteiger partial charge is 0.260 e. The lowest BCUT2D eigenvalue weighted by atomic mass is 9.95. The van der Waals surface area contributed by atoms with E-state index in [1.54, 1.807) is 45.2 Å². The number of nitrogens with zero attached hydrogens (tertiary/aromatic N) is 3. The maximum atomic E-state index is 13.8. The Balaban J connectivity index is 1.43. The third kappa shape index (κ3) is 5.65. The number of benzene rings is 2. The van der Waals surface area contributed by atoms with Gasteiger partial charge in [0.05, 0.1) is 27.8 Å². The molecule has 1 aliphatic carbocycles. The Hall–Kier alpha value is -1.98. The number of aromatic nitrogens is 1. The minimum Gasteiger partial charge on any atom is -0.376 e. The lowest BCUT2D eigenvalue weighted by Crippen LogP contribution is -2.41. The number of rotatable bonds is 9. The van der Waals surface area contributed by atoms with Crippen LogP contribution in [0.1, 0.15) is 62.2 Å². The van der Waals surface area contributed by atoms with E-state index >= 15 is 0 Å². The molecule has 3 aromatic rings. The van der Waals surface area contributed by atoms with Gasteiger partial charge in [0.2, 0.25) is 10.0 Å². The number of sulfonamides is 1. The van der Waals surface area contributed by atoms with Crippen LogP contribution in [-0.2, 0) is 14.8 Å². The summed E-state index contributed by atoms with van der Waals surface area (Å²) in [5, 5.41) is 0.633. The molecular weight excluding hydrogens is 539 g/mol. The fraction of sp³-hybridized carbons (Fsp3) is 0.500. The summed E-state index contributed by atoms with van der Waals surface area (Å²) >= 11 is 3.13. The second kappa shape index (κ2) is 12.0. The van der Waals surface area contributed by atoms with Crippen molar-refractivity contribution in [2.45, 2.75) is 73.8 Å². The van der Waals surface area contributed by atoms with E-state index in [-0.39, 0.29) is 22.9 Å². The first kappa shape index (κ1) is 27.6. The first-order valence-corrected chi connectivity index (χ1v) is 16.9. The van der Waals surface area contributed by atoms with E-state index in [2.05, 4.69) is 0 Å². The number of para-hydroxylation sites is 1. The molecule has 5 rings (SSSR count). The molecular formula is C28H35N3O4S3. The fourth-order valence-corrected chi connectivity index (χ4v) is 8.81. The highest BCUT2D eigenvalue weighted by Gasteiger charge is 2.32. The highest BCUT2D eigenvalue weighted by molar-refractivity contribution is 7.98. The Bertz CT molecular complexity index is 1360. The van der Waals surface area contributed by atoms with Gasteiger partial charge in [0, 0.05) is 29.7 Å². The van der Waals surface area contributed by atoms with Crippen molar-refractivity contribution in [2.75, 3.05) is 30.9 Å². The summed E-state index contributed by atoms with van der Waals surface area (Å²) in [6, 6.07) is 12.5. The number of amides is 1. The largest absolute Gasteiger partial charge is 0.376 e. The van der Waals surface area contributed by atoms with E-state index in [0.29, 0.717) is 30.4 Å². The van der Waals surface area contributed by atoms with Crippen LogP contribution in [-0.4, -0.2) is 61.7 Å². The highest BCUT2D eigenvalue weighted by atomic mass is 32.2. The summed E-state index contributed by atoms with van der Waals surface area (Å²) in [7, 11) is -3.63. The average Bonchev–Trinajstić information content (AvgIpc) is 3.62. The lowest BCUT2D eigenvalue weighted by Gasteiger charge is -2.32. The number of hydrogen-bond acceptors (Lipinski definition) is 7. The fourth-order valence-electron chi connectivity index (χ4n) is 5.49. The molecule has 1 atom stereocenters. The number of hydrogen-bond donors (Lipinski definition) is 0. The number of thiazole rings is 1. The van der Waals surface area contributed by atoms with Gasteiger partial charge in [0.1, 0.15) is 0 Å². The maximum Gasteiger partial charge on any atom is 0.260 e. The second-order valence-electron chi connectivity index (χ2n) is 9.88. The van der Waals surface area contributed by atoms with Crippen molar-refractivity contribution in [1.29, 1.82) is 0 Å². The molecule has 2 aromatic carbocycles. The summed E-state index contributed by atoms with van der Waals surface area (Å²) < 4.78 is 35.5. The van der Waals surface area contributed by atoms with Crippen molar-refractivity contribution >= 4 is 54.4 Å². The molecule has 1 saturated heterocycles. The molecule has 0 bridgehead atoms. The first-order valence-electron chi connectivity index (χ1n) is 13.4. The Labute approximate surface area is 233 Å². The number of thioether (sulfide) groups is 1. The molecule has 1 aromatic heterocycles. The number of anilines is 1. The minimum absolute atomic E-state index is 0.0424. The van der Waals surface area contributed by atoms with Crippen LogP contribution in [0, 0.1) is 0 Å². The Kier molecular flexibility index (Phi) is 8.74. The van der Waals surface area contributed by atoms with Gasteiger partial charge in [-0.05, 0) is 68.3 Å². The topological polar surface area (TPSA) is 79.8 Å². The monoisotopic (exact) mass is 573 g/mol. The molecule has 2 fully saturated rings. The summed E-state index contributed by atoms with van der Waals surface area (Å²) in [6.07, 6.45) is 8.96. The van der Waals surface area contributed by atoms with Crippen LogP contribution in [0.4, 0.5) is 5.13 Å². The van der Waals surface area contributed by atoms with Gasteiger partial charge in [-0.15, -0.1) is 11.8 Å². The van der Waals surface area contributed by atoms with Gasteiger partial charge in [-0.1, -0.05) is 43.6 Å². The molecule has 0 N–H and O–H groups in total. The van der Waals surface area contributed by atoms with E-state index in [9.17, 15) is 13.2 Å². The number of ether oxygens (including phenoxy) is 1. The summed E-state index contributed by atoms with van der Waals surface area (Å²) in [4.78, 5) is 21.7. The molecule has 204 valence electrons.